The monoisotopic (exact) mass is 368 g/mol. The van der Waals surface area contributed by atoms with Gasteiger partial charge >= 0.3 is 5.97 Å². The van der Waals surface area contributed by atoms with Crippen molar-refractivity contribution in [2.24, 2.45) is 0 Å². The van der Waals surface area contributed by atoms with Gasteiger partial charge in [-0.3, -0.25) is 4.79 Å². The molecule has 0 atom stereocenters. The molecule has 140 valence electrons. The van der Waals surface area contributed by atoms with Crippen molar-refractivity contribution in [2.75, 3.05) is 36.7 Å². The molecule has 2 aliphatic rings. The fraction of sp³-hybridized carbons (Fsp3) is 0.300. The van der Waals surface area contributed by atoms with Crippen molar-refractivity contribution >= 4 is 23.3 Å². The van der Waals surface area contributed by atoms with Gasteiger partial charge in [-0.2, -0.15) is 0 Å². The fourth-order valence-corrected chi connectivity index (χ4v) is 3.17. The van der Waals surface area contributed by atoms with Crippen molar-refractivity contribution in [1.29, 1.82) is 0 Å². The predicted octanol–water partition coefficient (Wildman–Crippen LogP) is 2.81. The Balaban J connectivity index is 1.28. The van der Waals surface area contributed by atoms with Crippen molar-refractivity contribution in [3.05, 3.63) is 48.0 Å². The molecule has 7 heteroatoms. The number of hydrogen-bond donors (Lipinski definition) is 1. The number of rotatable bonds is 5. The third-order valence-corrected chi connectivity index (χ3v) is 4.56. The number of nitrogens with zero attached hydrogens (tertiary/aromatic N) is 1. The molecule has 2 aromatic rings. The highest BCUT2D eigenvalue weighted by Crippen LogP contribution is 2.32. The van der Waals surface area contributed by atoms with Crippen LogP contribution in [0, 0.1) is 0 Å². The Kier molecular flexibility index (Phi) is 4.82. The van der Waals surface area contributed by atoms with E-state index >= 15 is 0 Å². The molecule has 7 nitrogen and oxygen atoms in total. The molecule has 1 saturated heterocycles. The van der Waals surface area contributed by atoms with Crippen molar-refractivity contribution < 1.29 is 23.8 Å². The van der Waals surface area contributed by atoms with Crippen LogP contribution in [0.5, 0.6) is 11.5 Å². The molecule has 2 aromatic carbocycles. The Morgan fingerprint density at radius 3 is 2.52 bits per heavy atom. The lowest BCUT2D eigenvalue weighted by Crippen LogP contribution is -2.21. The van der Waals surface area contributed by atoms with Gasteiger partial charge in [0.15, 0.2) is 18.1 Å². The van der Waals surface area contributed by atoms with Gasteiger partial charge in [0.2, 0.25) is 6.79 Å². The summed E-state index contributed by atoms with van der Waals surface area (Å²) in [4.78, 5) is 26.4. The highest BCUT2D eigenvalue weighted by Gasteiger charge is 2.18. The molecule has 4 rings (SSSR count). The average molecular weight is 368 g/mol. The van der Waals surface area contributed by atoms with Crippen molar-refractivity contribution in [2.45, 2.75) is 12.8 Å². The van der Waals surface area contributed by atoms with Crippen LogP contribution in [-0.2, 0) is 9.53 Å². The fourth-order valence-electron chi connectivity index (χ4n) is 3.17. The number of anilines is 2. The van der Waals surface area contributed by atoms with Crippen LogP contribution in [0.4, 0.5) is 11.4 Å². The first kappa shape index (κ1) is 17.2. The third kappa shape index (κ3) is 3.97. The Hall–Kier alpha value is -3.22. The molecule has 0 bridgehead atoms. The first-order chi connectivity index (χ1) is 13.2. The van der Waals surface area contributed by atoms with Gasteiger partial charge in [0.05, 0.1) is 5.56 Å². The van der Waals surface area contributed by atoms with Gasteiger partial charge < -0.3 is 24.4 Å². The maximum absolute atomic E-state index is 12.1. The molecule has 2 aliphatic heterocycles. The number of benzene rings is 2. The zero-order valence-corrected chi connectivity index (χ0v) is 14.8. The average Bonchev–Trinajstić information content (AvgIpc) is 3.38. The van der Waals surface area contributed by atoms with Crippen LogP contribution in [0.25, 0.3) is 0 Å². The maximum atomic E-state index is 12.1. The SMILES string of the molecule is O=C(COC(=O)c1ccc2c(c1)OCO2)Nc1ccc(N2CCCC2)cc1. The predicted molar refractivity (Wildman–Crippen MR) is 99.4 cm³/mol. The van der Waals surface area contributed by atoms with E-state index in [1.54, 1.807) is 18.2 Å². The van der Waals surface area contributed by atoms with Crippen molar-refractivity contribution in [3.8, 4) is 11.5 Å². The van der Waals surface area contributed by atoms with E-state index < -0.39 is 11.9 Å². The summed E-state index contributed by atoms with van der Waals surface area (Å²) in [6.45, 7) is 1.91. The van der Waals surface area contributed by atoms with Crippen molar-refractivity contribution in [3.63, 3.8) is 0 Å². The summed E-state index contributed by atoms with van der Waals surface area (Å²) >= 11 is 0. The molecule has 2 heterocycles. The molecule has 0 aliphatic carbocycles. The Labute approximate surface area is 156 Å². The zero-order valence-electron chi connectivity index (χ0n) is 14.8. The summed E-state index contributed by atoms with van der Waals surface area (Å²) < 4.78 is 15.5. The molecule has 0 radical (unpaired) electrons. The Morgan fingerprint density at radius 2 is 1.74 bits per heavy atom. The summed E-state index contributed by atoms with van der Waals surface area (Å²) in [7, 11) is 0. The molecular formula is C20H20N2O5. The second kappa shape index (κ2) is 7.57. The van der Waals surface area contributed by atoms with Gasteiger partial charge in [0.1, 0.15) is 0 Å². The van der Waals surface area contributed by atoms with Crippen LogP contribution in [0.3, 0.4) is 0 Å². The smallest absolute Gasteiger partial charge is 0.338 e. The normalized spacial score (nSPS) is 14.9. The number of carbonyl (C=O) groups is 2. The van der Waals surface area contributed by atoms with Gasteiger partial charge in [-0.05, 0) is 55.3 Å². The van der Waals surface area contributed by atoms with Crippen LogP contribution >= 0.6 is 0 Å². The van der Waals surface area contributed by atoms with Gasteiger partial charge in [-0.25, -0.2) is 4.79 Å². The lowest BCUT2D eigenvalue weighted by atomic mass is 10.2. The Bertz CT molecular complexity index is 844. The van der Waals surface area contributed by atoms with E-state index in [-0.39, 0.29) is 13.4 Å². The molecular weight excluding hydrogens is 348 g/mol. The van der Waals surface area contributed by atoms with Gasteiger partial charge in [0, 0.05) is 24.5 Å². The lowest BCUT2D eigenvalue weighted by molar-refractivity contribution is -0.119. The molecule has 27 heavy (non-hydrogen) atoms. The van der Waals surface area contributed by atoms with Crippen LogP contribution < -0.4 is 19.7 Å². The summed E-state index contributed by atoms with van der Waals surface area (Å²) in [6.07, 6.45) is 2.43. The number of fused-ring (bicyclic) bond motifs is 1. The molecule has 1 N–H and O–H groups in total. The van der Waals surface area contributed by atoms with Gasteiger partial charge in [0.25, 0.3) is 5.91 Å². The minimum Gasteiger partial charge on any atom is -0.454 e. The largest absolute Gasteiger partial charge is 0.454 e. The van der Waals surface area contributed by atoms with E-state index in [0.29, 0.717) is 22.7 Å². The van der Waals surface area contributed by atoms with Crippen LogP contribution in [-0.4, -0.2) is 38.4 Å². The van der Waals surface area contributed by atoms with Gasteiger partial charge in [-0.1, -0.05) is 0 Å². The summed E-state index contributed by atoms with van der Waals surface area (Å²) in [6, 6.07) is 12.4. The highest BCUT2D eigenvalue weighted by molar-refractivity contribution is 5.95. The minimum absolute atomic E-state index is 0.132. The molecule has 1 fully saturated rings. The first-order valence-electron chi connectivity index (χ1n) is 8.91. The number of esters is 1. The quantitative estimate of drug-likeness (QED) is 0.818. The molecule has 0 aromatic heterocycles. The zero-order chi connectivity index (χ0) is 18.6. The second-order valence-corrected chi connectivity index (χ2v) is 6.43. The molecule has 1 amide bonds. The van der Waals surface area contributed by atoms with Crippen LogP contribution in [0.1, 0.15) is 23.2 Å². The van der Waals surface area contributed by atoms with E-state index in [0.717, 1.165) is 18.8 Å². The summed E-state index contributed by atoms with van der Waals surface area (Å²) in [5, 5.41) is 2.73. The maximum Gasteiger partial charge on any atom is 0.338 e. The standard InChI is InChI=1S/C20H20N2O5/c23-19(21-15-4-6-16(7-5-15)22-9-1-2-10-22)12-25-20(24)14-3-8-17-18(11-14)27-13-26-17/h3-8,11H,1-2,9-10,12-13H2,(H,21,23). The summed E-state index contributed by atoms with van der Waals surface area (Å²) in [5.74, 6) is 0.0968. The van der Waals surface area contributed by atoms with Gasteiger partial charge in [-0.15, -0.1) is 0 Å². The number of amides is 1. The van der Waals surface area contributed by atoms with E-state index in [1.165, 1.54) is 12.8 Å². The minimum atomic E-state index is -0.590. The van der Waals surface area contributed by atoms with E-state index in [9.17, 15) is 9.59 Å². The molecule has 0 saturated carbocycles. The molecule has 0 spiro atoms. The number of hydrogen-bond acceptors (Lipinski definition) is 6. The number of carbonyl (C=O) groups excluding carboxylic acids is 2. The molecule has 0 unspecified atom stereocenters. The third-order valence-electron chi connectivity index (χ3n) is 4.56. The van der Waals surface area contributed by atoms with Crippen LogP contribution in [0.2, 0.25) is 0 Å². The summed E-state index contributed by atoms with van der Waals surface area (Å²) in [5.41, 5.74) is 2.13. The second-order valence-electron chi connectivity index (χ2n) is 6.43. The number of nitrogens with one attached hydrogen (secondary N) is 1. The van der Waals surface area contributed by atoms with Crippen LogP contribution in [0.15, 0.2) is 42.5 Å². The van der Waals surface area contributed by atoms with E-state index in [1.807, 2.05) is 24.3 Å². The van der Waals surface area contributed by atoms with E-state index in [4.69, 9.17) is 14.2 Å². The topological polar surface area (TPSA) is 77.1 Å². The lowest BCUT2D eigenvalue weighted by Gasteiger charge is -2.17. The number of ether oxygens (including phenoxy) is 3. The highest BCUT2D eigenvalue weighted by atomic mass is 16.7. The van der Waals surface area contributed by atoms with E-state index in [2.05, 4.69) is 10.2 Å². The Morgan fingerprint density at radius 1 is 1.00 bits per heavy atom. The first-order valence-corrected chi connectivity index (χ1v) is 8.91. The van der Waals surface area contributed by atoms with Crippen molar-refractivity contribution in [1.82, 2.24) is 0 Å².